The van der Waals surface area contributed by atoms with Gasteiger partial charge in [-0.05, 0) is 54.8 Å². The van der Waals surface area contributed by atoms with Crippen LogP contribution >= 0.6 is 0 Å². The minimum Gasteiger partial charge on any atom is -0.504 e. The second kappa shape index (κ2) is 14.5. The zero-order chi connectivity index (χ0) is 32.1. The molecule has 9 N–H and O–H groups in total. The van der Waals surface area contributed by atoms with Crippen LogP contribution in [0, 0.1) is 0 Å². The van der Waals surface area contributed by atoms with E-state index in [0.717, 1.165) is 6.08 Å². The molecule has 0 aromatic heterocycles. The van der Waals surface area contributed by atoms with Crippen molar-refractivity contribution < 1.29 is 74.4 Å². The van der Waals surface area contributed by atoms with Crippen molar-refractivity contribution >= 4 is 12.0 Å². The fraction of sp³-hybridized carbons (Fsp3) is 0.483. The maximum Gasteiger partial charge on any atom is 0.330 e. The molecule has 44 heavy (non-hydrogen) atoms. The summed E-state index contributed by atoms with van der Waals surface area (Å²) in [5.41, 5.74) is 0.951. The SMILES string of the molecule is CC1OC(OC2C(O)C(COC(=O)C=Cc3ccc(O)c(O)c3)OC(O)C2OCCc2ccc(O)c(O)c2)C(O)C(O)C1O. The Hall–Kier alpha value is -3.51. The largest absolute Gasteiger partial charge is 0.504 e. The summed E-state index contributed by atoms with van der Waals surface area (Å²) in [6.07, 6.45) is -12.4. The quantitative estimate of drug-likeness (QED) is 0.0873. The maximum absolute atomic E-state index is 12.3. The molecular weight excluding hydrogens is 588 g/mol. The highest BCUT2D eigenvalue weighted by molar-refractivity contribution is 5.87. The van der Waals surface area contributed by atoms with Crippen molar-refractivity contribution in [3.05, 3.63) is 53.6 Å². The van der Waals surface area contributed by atoms with Crippen molar-refractivity contribution in [3.63, 3.8) is 0 Å². The van der Waals surface area contributed by atoms with Crippen molar-refractivity contribution in [1.82, 2.24) is 0 Å². The Morgan fingerprint density at radius 2 is 1.50 bits per heavy atom. The van der Waals surface area contributed by atoms with E-state index in [2.05, 4.69) is 0 Å². The van der Waals surface area contributed by atoms with E-state index >= 15 is 0 Å². The lowest BCUT2D eigenvalue weighted by atomic mass is 9.97. The van der Waals surface area contributed by atoms with Gasteiger partial charge in [0.05, 0.1) is 12.7 Å². The molecule has 0 spiro atoms. The van der Waals surface area contributed by atoms with Gasteiger partial charge in [-0.15, -0.1) is 0 Å². The van der Waals surface area contributed by atoms with Crippen LogP contribution < -0.4 is 0 Å². The number of aliphatic hydroxyl groups excluding tert-OH is 5. The number of carbonyl (C=O) groups excluding carboxylic acids is 1. The van der Waals surface area contributed by atoms with Gasteiger partial charge in [0.2, 0.25) is 0 Å². The summed E-state index contributed by atoms with van der Waals surface area (Å²) in [7, 11) is 0. The fourth-order valence-corrected chi connectivity index (χ4v) is 4.72. The molecule has 0 saturated carbocycles. The van der Waals surface area contributed by atoms with Gasteiger partial charge in [0.25, 0.3) is 0 Å². The first-order chi connectivity index (χ1) is 20.8. The van der Waals surface area contributed by atoms with Crippen molar-refractivity contribution in [2.24, 2.45) is 0 Å². The lowest BCUT2D eigenvalue weighted by molar-refractivity contribution is -0.356. The molecule has 15 nitrogen and oxygen atoms in total. The van der Waals surface area contributed by atoms with Crippen LogP contribution in [0.25, 0.3) is 6.08 Å². The molecule has 2 fully saturated rings. The van der Waals surface area contributed by atoms with Crippen molar-refractivity contribution in [1.29, 1.82) is 0 Å². The predicted molar refractivity (Wildman–Crippen MR) is 147 cm³/mol. The van der Waals surface area contributed by atoms with E-state index in [0.29, 0.717) is 11.1 Å². The molecule has 10 unspecified atom stereocenters. The summed E-state index contributed by atoms with van der Waals surface area (Å²) >= 11 is 0. The molecule has 242 valence electrons. The van der Waals surface area contributed by atoms with Crippen LogP contribution in [0.3, 0.4) is 0 Å². The summed E-state index contributed by atoms with van der Waals surface area (Å²) in [4.78, 5) is 12.3. The average molecular weight is 625 g/mol. The average Bonchev–Trinajstić information content (AvgIpc) is 2.99. The normalized spacial score (nSPS) is 32.5. The molecule has 2 aliphatic heterocycles. The minimum atomic E-state index is -1.75. The minimum absolute atomic E-state index is 0.0923. The zero-order valence-corrected chi connectivity index (χ0v) is 23.5. The van der Waals surface area contributed by atoms with Gasteiger partial charge >= 0.3 is 5.97 Å². The van der Waals surface area contributed by atoms with Gasteiger partial charge in [0.1, 0.15) is 49.3 Å². The van der Waals surface area contributed by atoms with Crippen LogP contribution in [0.5, 0.6) is 23.0 Å². The van der Waals surface area contributed by atoms with Crippen molar-refractivity contribution in [2.75, 3.05) is 13.2 Å². The number of phenolic OH excluding ortho intramolecular Hbond substituents is 4. The molecule has 0 amide bonds. The highest BCUT2D eigenvalue weighted by atomic mass is 16.7. The molecule has 0 bridgehead atoms. The van der Waals surface area contributed by atoms with Gasteiger partial charge < -0.3 is 69.6 Å². The van der Waals surface area contributed by atoms with Gasteiger partial charge in [-0.25, -0.2) is 4.79 Å². The van der Waals surface area contributed by atoms with E-state index in [-0.39, 0.29) is 36.0 Å². The van der Waals surface area contributed by atoms with Gasteiger partial charge in [-0.1, -0.05) is 12.1 Å². The lowest BCUT2D eigenvalue weighted by Crippen LogP contribution is -2.64. The summed E-state index contributed by atoms with van der Waals surface area (Å²) in [6.45, 7) is 0.778. The van der Waals surface area contributed by atoms with Gasteiger partial charge in [0.15, 0.2) is 35.6 Å². The molecule has 0 aliphatic carbocycles. The number of hydrogen-bond donors (Lipinski definition) is 9. The Morgan fingerprint density at radius 3 is 2.18 bits per heavy atom. The number of phenols is 4. The maximum atomic E-state index is 12.3. The molecule has 2 saturated heterocycles. The van der Waals surface area contributed by atoms with Crippen LogP contribution in [0.4, 0.5) is 0 Å². The zero-order valence-electron chi connectivity index (χ0n) is 23.5. The lowest BCUT2D eigenvalue weighted by Gasteiger charge is -2.46. The number of hydrogen-bond acceptors (Lipinski definition) is 15. The number of rotatable bonds is 10. The number of ether oxygens (including phenoxy) is 5. The molecular formula is C29H36O15. The van der Waals surface area contributed by atoms with Crippen LogP contribution in [-0.2, 0) is 34.9 Å². The predicted octanol–water partition coefficient (Wildman–Crippen LogP) is -1.02. The van der Waals surface area contributed by atoms with E-state index in [9.17, 15) is 50.8 Å². The van der Waals surface area contributed by atoms with Crippen LogP contribution in [0.2, 0.25) is 0 Å². The first-order valence-corrected chi connectivity index (χ1v) is 13.7. The molecule has 2 aromatic rings. The van der Waals surface area contributed by atoms with E-state index in [1.54, 1.807) is 6.07 Å². The van der Waals surface area contributed by atoms with E-state index in [1.165, 1.54) is 43.3 Å². The third kappa shape index (κ3) is 7.95. The topological polar surface area (TPSA) is 245 Å². The number of carbonyl (C=O) groups is 1. The van der Waals surface area contributed by atoms with Gasteiger partial charge in [0, 0.05) is 6.08 Å². The Morgan fingerprint density at radius 1 is 0.818 bits per heavy atom. The second-order valence-electron chi connectivity index (χ2n) is 10.5. The molecule has 0 radical (unpaired) electrons. The standard InChI is InChI=1S/C29H36O15/c1-13-22(35)24(37)25(38)29(42-13)44-26-23(36)20(12-41-21(34)7-4-14-2-5-16(30)18(32)10-14)43-28(39)27(26)40-9-8-15-3-6-17(31)19(33)11-15/h2-7,10-11,13,20,22-33,35-39H,8-9,12H2,1H3. The third-order valence-electron chi connectivity index (χ3n) is 7.28. The summed E-state index contributed by atoms with van der Waals surface area (Å²) < 4.78 is 27.7. The number of aliphatic hydroxyl groups is 5. The molecule has 2 aromatic carbocycles. The molecule has 4 rings (SSSR count). The molecule has 2 heterocycles. The summed E-state index contributed by atoms with van der Waals surface area (Å²) in [5.74, 6) is -2.24. The number of esters is 1. The van der Waals surface area contributed by atoms with Gasteiger partial charge in [-0.3, -0.25) is 0 Å². The van der Waals surface area contributed by atoms with Crippen LogP contribution in [-0.4, -0.2) is 127 Å². The number of aromatic hydroxyl groups is 4. The van der Waals surface area contributed by atoms with Gasteiger partial charge in [-0.2, -0.15) is 0 Å². The fourth-order valence-electron chi connectivity index (χ4n) is 4.72. The van der Waals surface area contributed by atoms with Crippen molar-refractivity contribution in [3.8, 4) is 23.0 Å². The number of benzene rings is 2. The Kier molecular flexibility index (Phi) is 11.0. The smallest absolute Gasteiger partial charge is 0.330 e. The Labute approximate surface area is 251 Å². The first-order valence-electron chi connectivity index (χ1n) is 13.7. The molecule has 10 atom stereocenters. The summed E-state index contributed by atoms with van der Waals surface area (Å²) in [6, 6.07) is 8.03. The second-order valence-corrected chi connectivity index (χ2v) is 10.5. The van der Waals surface area contributed by atoms with E-state index in [4.69, 9.17) is 23.7 Å². The molecule has 15 heteroatoms. The Bertz CT molecular complexity index is 1300. The van der Waals surface area contributed by atoms with E-state index in [1.807, 2.05) is 0 Å². The summed E-state index contributed by atoms with van der Waals surface area (Å²) in [5, 5.41) is 90.9. The van der Waals surface area contributed by atoms with E-state index < -0.39 is 74.0 Å². The highest BCUT2D eigenvalue weighted by Gasteiger charge is 2.51. The van der Waals surface area contributed by atoms with Crippen LogP contribution in [0.15, 0.2) is 42.5 Å². The van der Waals surface area contributed by atoms with Crippen molar-refractivity contribution in [2.45, 2.75) is 74.8 Å². The van der Waals surface area contributed by atoms with Crippen LogP contribution in [0.1, 0.15) is 18.1 Å². The highest BCUT2D eigenvalue weighted by Crippen LogP contribution is 2.31. The Balaban J connectivity index is 1.44. The first kappa shape index (κ1) is 33.4. The monoisotopic (exact) mass is 624 g/mol. The third-order valence-corrected chi connectivity index (χ3v) is 7.28. The molecule has 2 aliphatic rings.